The molecule has 0 radical (unpaired) electrons. The molecule has 1 saturated carbocycles. The average molecular weight is 419 g/mol. The summed E-state index contributed by atoms with van der Waals surface area (Å²) in [4.78, 5) is 14.1. The van der Waals surface area contributed by atoms with Crippen LogP contribution in [0.4, 0.5) is 5.69 Å². The van der Waals surface area contributed by atoms with Crippen molar-refractivity contribution in [3.8, 4) is 22.6 Å². The van der Waals surface area contributed by atoms with Gasteiger partial charge in [0, 0.05) is 35.9 Å². The number of fused-ring (bicyclic) bond motifs is 1. The summed E-state index contributed by atoms with van der Waals surface area (Å²) in [5, 5.41) is 3.70. The zero-order valence-electron chi connectivity index (χ0n) is 18.1. The SMILES string of the molecule is c1ccc(-c2ccc(CNc3cc(-c4ccccc4C4CC4)nc4c3CCC4)cn2)nc1. The Morgan fingerprint density at radius 2 is 1.72 bits per heavy atom. The number of aromatic nitrogens is 3. The van der Waals surface area contributed by atoms with E-state index in [1.165, 1.54) is 47.3 Å². The molecule has 0 atom stereocenters. The summed E-state index contributed by atoms with van der Waals surface area (Å²) in [5.41, 5.74) is 10.7. The zero-order valence-corrected chi connectivity index (χ0v) is 18.1. The van der Waals surface area contributed by atoms with Crippen LogP contribution in [-0.2, 0) is 19.4 Å². The van der Waals surface area contributed by atoms with Crippen molar-refractivity contribution in [3.05, 3.63) is 95.4 Å². The van der Waals surface area contributed by atoms with Crippen LogP contribution in [0.25, 0.3) is 22.6 Å². The Labute approximate surface area is 188 Å². The number of hydrogen-bond donors (Lipinski definition) is 1. The van der Waals surface area contributed by atoms with Crippen molar-refractivity contribution < 1.29 is 0 Å². The molecular weight excluding hydrogens is 392 g/mol. The number of rotatable bonds is 6. The summed E-state index contributed by atoms with van der Waals surface area (Å²) in [6, 6.07) is 21.2. The molecule has 1 fully saturated rings. The Hall–Kier alpha value is -3.53. The molecule has 158 valence electrons. The molecule has 6 rings (SSSR count). The molecule has 0 spiro atoms. The van der Waals surface area contributed by atoms with Gasteiger partial charge in [-0.2, -0.15) is 0 Å². The van der Waals surface area contributed by atoms with E-state index in [1.807, 2.05) is 30.5 Å². The number of anilines is 1. The number of hydrogen-bond acceptors (Lipinski definition) is 4. The highest BCUT2D eigenvalue weighted by Crippen LogP contribution is 2.44. The molecule has 0 bridgehead atoms. The van der Waals surface area contributed by atoms with E-state index in [1.54, 1.807) is 6.20 Å². The van der Waals surface area contributed by atoms with Gasteiger partial charge >= 0.3 is 0 Å². The molecule has 4 aromatic rings. The monoisotopic (exact) mass is 418 g/mol. The van der Waals surface area contributed by atoms with Crippen LogP contribution < -0.4 is 5.32 Å². The Morgan fingerprint density at radius 1 is 0.844 bits per heavy atom. The Bertz CT molecular complexity index is 1240. The fourth-order valence-electron chi connectivity index (χ4n) is 4.71. The highest BCUT2D eigenvalue weighted by molar-refractivity contribution is 5.71. The van der Waals surface area contributed by atoms with E-state index in [0.717, 1.165) is 42.0 Å². The number of pyridine rings is 3. The molecule has 0 saturated heterocycles. The number of nitrogens with zero attached hydrogens (tertiary/aromatic N) is 3. The third-order valence-corrected chi connectivity index (χ3v) is 6.54. The normalized spacial score (nSPS) is 14.9. The van der Waals surface area contributed by atoms with Gasteiger partial charge < -0.3 is 5.32 Å². The fourth-order valence-corrected chi connectivity index (χ4v) is 4.71. The molecule has 3 heterocycles. The predicted octanol–water partition coefficient (Wildman–Crippen LogP) is 6.18. The summed E-state index contributed by atoms with van der Waals surface area (Å²) in [6.07, 6.45) is 9.71. The van der Waals surface area contributed by atoms with Crippen LogP contribution in [-0.4, -0.2) is 15.0 Å². The van der Waals surface area contributed by atoms with Crippen LogP contribution in [0.3, 0.4) is 0 Å². The fraction of sp³-hybridized carbons (Fsp3) is 0.250. The zero-order chi connectivity index (χ0) is 21.3. The van der Waals surface area contributed by atoms with Crippen LogP contribution in [0.1, 0.15) is 47.6 Å². The van der Waals surface area contributed by atoms with Gasteiger partial charge in [-0.1, -0.05) is 36.4 Å². The first kappa shape index (κ1) is 19.2. The standard InChI is InChI=1S/C28H26N4/c1-2-7-22(21(6-1)20-12-13-20)28-16-27(23-8-5-10-24(23)32-28)31-18-19-11-14-26(30-17-19)25-9-3-4-15-29-25/h1-4,6-7,9,11,14-17,20H,5,8,10,12-13,18H2,(H,31,32). The van der Waals surface area contributed by atoms with Gasteiger partial charge in [0.15, 0.2) is 0 Å². The molecule has 1 aromatic carbocycles. The molecule has 1 N–H and O–H groups in total. The van der Waals surface area contributed by atoms with Gasteiger partial charge in [0.2, 0.25) is 0 Å². The summed E-state index contributed by atoms with van der Waals surface area (Å²) in [6.45, 7) is 0.746. The minimum Gasteiger partial charge on any atom is -0.381 e. The molecule has 32 heavy (non-hydrogen) atoms. The van der Waals surface area contributed by atoms with E-state index in [9.17, 15) is 0 Å². The van der Waals surface area contributed by atoms with Crippen molar-refractivity contribution in [2.24, 2.45) is 0 Å². The lowest BCUT2D eigenvalue weighted by Gasteiger charge is -2.15. The third-order valence-electron chi connectivity index (χ3n) is 6.54. The first-order valence-corrected chi connectivity index (χ1v) is 11.6. The van der Waals surface area contributed by atoms with Crippen molar-refractivity contribution in [2.45, 2.75) is 44.6 Å². The second-order valence-corrected chi connectivity index (χ2v) is 8.82. The second-order valence-electron chi connectivity index (χ2n) is 8.82. The van der Waals surface area contributed by atoms with Crippen molar-refractivity contribution in [1.82, 2.24) is 15.0 Å². The van der Waals surface area contributed by atoms with Gasteiger partial charge in [0.25, 0.3) is 0 Å². The van der Waals surface area contributed by atoms with Crippen molar-refractivity contribution in [1.29, 1.82) is 0 Å². The second kappa shape index (κ2) is 8.19. The van der Waals surface area contributed by atoms with E-state index >= 15 is 0 Å². The molecular formula is C28H26N4. The summed E-state index contributed by atoms with van der Waals surface area (Å²) < 4.78 is 0. The van der Waals surface area contributed by atoms with E-state index in [-0.39, 0.29) is 0 Å². The maximum Gasteiger partial charge on any atom is 0.0886 e. The maximum absolute atomic E-state index is 5.10. The van der Waals surface area contributed by atoms with Gasteiger partial charge in [0.05, 0.1) is 17.1 Å². The topological polar surface area (TPSA) is 50.7 Å². The number of nitrogens with one attached hydrogen (secondary N) is 1. The first-order valence-electron chi connectivity index (χ1n) is 11.6. The van der Waals surface area contributed by atoms with Gasteiger partial charge in [-0.3, -0.25) is 15.0 Å². The van der Waals surface area contributed by atoms with Gasteiger partial charge in [-0.15, -0.1) is 0 Å². The van der Waals surface area contributed by atoms with Gasteiger partial charge in [0.1, 0.15) is 0 Å². The van der Waals surface area contributed by atoms with Crippen molar-refractivity contribution in [3.63, 3.8) is 0 Å². The maximum atomic E-state index is 5.10. The lowest BCUT2D eigenvalue weighted by Crippen LogP contribution is -2.05. The van der Waals surface area contributed by atoms with Crippen molar-refractivity contribution in [2.75, 3.05) is 5.32 Å². The highest BCUT2D eigenvalue weighted by atomic mass is 14.9. The Balaban J connectivity index is 1.27. The smallest absolute Gasteiger partial charge is 0.0886 e. The van der Waals surface area contributed by atoms with Crippen LogP contribution in [0.5, 0.6) is 0 Å². The predicted molar refractivity (Wildman–Crippen MR) is 128 cm³/mol. The lowest BCUT2D eigenvalue weighted by molar-refractivity contribution is 0.899. The summed E-state index contributed by atoms with van der Waals surface area (Å²) in [5.74, 6) is 0.710. The van der Waals surface area contributed by atoms with E-state index < -0.39 is 0 Å². The van der Waals surface area contributed by atoms with Crippen LogP contribution in [0.2, 0.25) is 0 Å². The minimum atomic E-state index is 0.710. The van der Waals surface area contributed by atoms with Crippen LogP contribution >= 0.6 is 0 Å². The lowest BCUT2D eigenvalue weighted by atomic mass is 9.99. The average Bonchev–Trinajstić information content (AvgIpc) is 3.60. The quantitative estimate of drug-likeness (QED) is 0.406. The molecule has 3 aromatic heterocycles. The van der Waals surface area contributed by atoms with Crippen molar-refractivity contribution >= 4 is 5.69 Å². The Morgan fingerprint density at radius 3 is 2.53 bits per heavy atom. The van der Waals surface area contributed by atoms with Crippen LogP contribution in [0.15, 0.2) is 73.1 Å². The number of aryl methyl sites for hydroxylation is 1. The first-order chi connectivity index (χ1) is 15.8. The molecule has 0 unspecified atom stereocenters. The molecule has 2 aliphatic rings. The molecule has 0 amide bonds. The molecule has 0 aliphatic heterocycles. The summed E-state index contributed by atoms with van der Waals surface area (Å²) >= 11 is 0. The van der Waals surface area contributed by atoms with Crippen LogP contribution in [0, 0.1) is 0 Å². The number of benzene rings is 1. The van der Waals surface area contributed by atoms with E-state index in [0.29, 0.717) is 5.92 Å². The largest absolute Gasteiger partial charge is 0.381 e. The van der Waals surface area contributed by atoms with Gasteiger partial charge in [-0.25, -0.2) is 0 Å². The Kier molecular flexibility index (Phi) is 4.91. The molecule has 4 nitrogen and oxygen atoms in total. The molecule has 2 aliphatic carbocycles. The van der Waals surface area contributed by atoms with Gasteiger partial charge in [-0.05, 0) is 79.0 Å². The van der Waals surface area contributed by atoms with E-state index in [4.69, 9.17) is 4.98 Å². The summed E-state index contributed by atoms with van der Waals surface area (Å²) in [7, 11) is 0. The highest BCUT2D eigenvalue weighted by Gasteiger charge is 2.27. The molecule has 4 heteroatoms. The third kappa shape index (κ3) is 3.77. The van der Waals surface area contributed by atoms with E-state index in [2.05, 4.69) is 51.7 Å². The minimum absolute atomic E-state index is 0.710.